The lowest BCUT2D eigenvalue weighted by atomic mass is 10.1. The molecular formula is C20H17N5O2. The van der Waals surface area contributed by atoms with Gasteiger partial charge in [0.1, 0.15) is 11.3 Å². The van der Waals surface area contributed by atoms with Crippen LogP contribution in [0.2, 0.25) is 0 Å². The maximum absolute atomic E-state index is 11.6. The second-order valence-corrected chi connectivity index (χ2v) is 6.02. The Kier molecular flexibility index (Phi) is 4.18. The number of fused-ring (bicyclic) bond motifs is 1. The number of benzene rings is 2. The van der Waals surface area contributed by atoms with Crippen LogP contribution in [0.1, 0.15) is 27.4 Å². The van der Waals surface area contributed by atoms with Gasteiger partial charge in [0, 0.05) is 23.3 Å². The van der Waals surface area contributed by atoms with E-state index in [-0.39, 0.29) is 0 Å². The summed E-state index contributed by atoms with van der Waals surface area (Å²) in [5, 5.41) is 5.46. The molecule has 2 aromatic carbocycles. The number of rotatable bonds is 5. The molecule has 134 valence electrons. The average molecular weight is 359 g/mol. The summed E-state index contributed by atoms with van der Waals surface area (Å²) >= 11 is 0. The van der Waals surface area contributed by atoms with E-state index in [0.717, 1.165) is 28.0 Å². The van der Waals surface area contributed by atoms with Gasteiger partial charge in [-0.2, -0.15) is 0 Å². The third-order valence-electron chi connectivity index (χ3n) is 4.17. The number of hydrogen-bond donors (Lipinski definition) is 2. The smallest absolute Gasteiger partial charge is 0.249 e. The summed E-state index contributed by atoms with van der Waals surface area (Å²) in [5.74, 6) is 0.716. The number of primary amides is 1. The van der Waals surface area contributed by atoms with E-state index in [9.17, 15) is 4.79 Å². The topological polar surface area (TPSA) is 98.8 Å². The molecule has 4 aromatic rings. The summed E-state index contributed by atoms with van der Waals surface area (Å²) in [6, 6.07) is 12.9. The van der Waals surface area contributed by atoms with Crippen molar-refractivity contribution in [2.24, 2.45) is 5.73 Å². The Balaban J connectivity index is 1.72. The first kappa shape index (κ1) is 16.6. The Morgan fingerprint density at radius 1 is 1.22 bits per heavy atom. The van der Waals surface area contributed by atoms with Gasteiger partial charge in [0.25, 0.3) is 0 Å². The SMILES string of the molecule is Cc1ccc(On2nc(/C=C/c3ncc[nH]3)c3ccccc32)cc1C(N)=O. The quantitative estimate of drug-likeness (QED) is 0.572. The third-order valence-corrected chi connectivity index (χ3v) is 4.17. The van der Waals surface area contributed by atoms with Crippen LogP contribution in [-0.4, -0.2) is 25.8 Å². The van der Waals surface area contributed by atoms with Gasteiger partial charge in [0.2, 0.25) is 5.91 Å². The Labute approximate surface area is 155 Å². The van der Waals surface area contributed by atoms with Crippen LogP contribution in [0.15, 0.2) is 54.9 Å². The highest BCUT2D eigenvalue weighted by Gasteiger charge is 2.12. The molecule has 7 heteroatoms. The molecule has 27 heavy (non-hydrogen) atoms. The van der Waals surface area contributed by atoms with Gasteiger partial charge in [0.05, 0.1) is 5.69 Å². The minimum atomic E-state index is -0.495. The maximum atomic E-state index is 11.6. The van der Waals surface area contributed by atoms with Crippen LogP contribution in [-0.2, 0) is 0 Å². The fourth-order valence-corrected chi connectivity index (χ4v) is 2.81. The summed E-state index contributed by atoms with van der Waals surface area (Å²) in [7, 11) is 0. The molecule has 2 aromatic heterocycles. The highest BCUT2D eigenvalue weighted by molar-refractivity contribution is 5.94. The molecule has 2 heterocycles. The van der Waals surface area contributed by atoms with Crippen LogP contribution in [0.25, 0.3) is 23.1 Å². The first-order chi connectivity index (χ1) is 13.1. The lowest BCUT2D eigenvalue weighted by Gasteiger charge is -2.08. The zero-order valence-corrected chi connectivity index (χ0v) is 14.6. The largest absolute Gasteiger partial charge is 0.366 e. The Morgan fingerprint density at radius 2 is 2.07 bits per heavy atom. The van der Waals surface area contributed by atoms with Gasteiger partial charge in [0.15, 0.2) is 5.75 Å². The van der Waals surface area contributed by atoms with Crippen molar-refractivity contribution in [3.63, 3.8) is 0 Å². The number of carbonyl (C=O) groups excluding carboxylic acids is 1. The Morgan fingerprint density at radius 3 is 2.85 bits per heavy atom. The van der Waals surface area contributed by atoms with Crippen LogP contribution in [0, 0.1) is 6.92 Å². The van der Waals surface area contributed by atoms with Crippen LogP contribution in [0.5, 0.6) is 5.75 Å². The monoisotopic (exact) mass is 359 g/mol. The van der Waals surface area contributed by atoms with E-state index in [1.807, 2.05) is 43.3 Å². The molecule has 3 N–H and O–H groups in total. The van der Waals surface area contributed by atoms with Gasteiger partial charge in [-0.15, -0.1) is 5.10 Å². The van der Waals surface area contributed by atoms with Crippen molar-refractivity contribution in [1.82, 2.24) is 19.9 Å². The summed E-state index contributed by atoms with van der Waals surface area (Å²) < 4.78 is 0. The minimum absolute atomic E-state index is 0.418. The summed E-state index contributed by atoms with van der Waals surface area (Å²) in [5.41, 5.74) is 8.18. The normalized spacial score (nSPS) is 11.3. The van der Waals surface area contributed by atoms with Crippen molar-refractivity contribution in [2.75, 3.05) is 0 Å². The summed E-state index contributed by atoms with van der Waals surface area (Å²) in [6.45, 7) is 1.82. The number of nitrogens with two attached hydrogens (primary N) is 1. The zero-order chi connectivity index (χ0) is 18.8. The van der Waals surface area contributed by atoms with Crippen LogP contribution >= 0.6 is 0 Å². The third kappa shape index (κ3) is 3.30. The highest BCUT2D eigenvalue weighted by Crippen LogP contribution is 2.23. The first-order valence-corrected chi connectivity index (χ1v) is 8.36. The molecule has 0 saturated carbocycles. The Hall–Kier alpha value is -3.87. The summed E-state index contributed by atoms with van der Waals surface area (Å²) in [6.07, 6.45) is 7.15. The number of carbonyl (C=O) groups is 1. The van der Waals surface area contributed by atoms with Crippen molar-refractivity contribution in [3.8, 4) is 5.75 Å². The van der Waals surface area contributed by atoms with E-state index in [2.05, 4.69) is 15.1 Å². The molecule has 0 saturated heterocycles. The van der Waals surface area contributed by atoms with Crippen molar-refractivity contribution in [3.05, 3.63) is 77.5 Å². The lowest BCUT2D eigenvalue weighted by Crippen LogP contribution is -2.14. The number of aromatic amines is 1. The average Bonchev–Trinajstić information content (AvgIpc) is 3.30. The molecule has 0 spiro atoms. The number of para-hydroxylation sites is 1. The standard InChI is InChI=1S/C20H17N5O2/c1-13-6-7-14(12-16(13)20(21)26)27-25-18-5-3-2-4-15(18)17(24-25)8-9-19-22-10-11-23-19/h2-12H,1H3,(H2,21,26)(H,22,23)/b9-8+. The molecule has 1 amide bonds. The van der Waals surface area contributed by atoms with Crippen molar-refractivity contribution in [2.45, 2.75) is 6.92 Å². The second-order valence-electron chi connectivity index (χ2n) is 6.02. The number of amides is 1. The number of aryl methyl sites for hydroxylation is 1. The molecule has 0 bridgehead atoms. The molecule has 0 aliphatic heterocycles. The molecule has 0 radical (unpaired) electrons. The van der Waals surface area contributed by atoms with Gasteiger partial charge in [-0.05, 0) is 42.8 Å². The van der Waals surface area contributed by atoms with Crippen LogP contribution < -0.4 is 10.6 Å². The fourth-order valence-electron chi connectivity index (χ4n) is 2.81. The maximum Gasteiger partial charge on any atom is 0.249 e. The first-order valence-electron chi connectivity index (χ1n) is 8.36. The molecule has 0 fully saturated rings. The predicted octanol–water partition coefficient (Wildman–Crippen LogP) is 3.18. The van der Waals surface area contributed by atoms with Gasteiger partial charge in [-0.25, -0.2) is 4.98 Å². The van der Waals surface area contributed by atoms with Crippen LogP contribution in [0.4, 0.5) is 0 Å². The predicted molar refractivity (Wildman–Crippen MR) is 103 cm³/mol. The molecule has 0 unspecified atom stereocenters. The van der Waals surface area contributed by atoms with E-state index >= 15 is 0 Å². The number of hydrogen-bond acceptors (Lipinski definition) is 4. The molecular weight excluding hydrogens is 342 g/mol. The Bertz CT molecular complexity index is 1140. The summed E-state index contributed by atoms with van der Waals surface area (Å²) in [4.78, 5) is 26.1. The minimum Gasteiger partial charge on any atom is -0.366 e. The molecule has 4 rings (SSSR count). The van der Waals surface area contributed by atoms with E-state index in [1.165, 1.54) is 4.85 Å². The molecule has 7 nitrogen and oxygen atoms in total. The van der Waals surface area contributed by atoms with E-state index in [4.69, 9.17) is 10.6 Å². The van der Waals surface area contributed by atoms with Gasteiger partial charge < -0.3 is 15.6 Å². The fraction of sp³-hybridized carbons (Fsp3) is 0.0500. The van der Waals surface area contributed by atoms with Crippen molar-refractivity contribution < 1.29 is 9.63 Å². The number of H-pyrrole nitrogens is 1. The van der Waals surface area contributed by atoms with Crippen molar-refractivity contribution in [1.29, 1.82) is 0 Å². The van der Waals surface area contributed by atoms with E-state index < -0.39 is 5.91 Å². The molecule has 0 aliphatic rings. The lowest BCUT2D eigenvalue weighted by molar-refractivity contribution is 0.0998. The van der Waals surface area contributed by atoms with Gasteiger partial charge in [-0.1, -0.05) is 29.1 Å². The van der Waals surface area contributed by atoms with Crippen molar-refractivity contribution >= 4 is 29.0 Å². The van der Waals surface area contributed by atoms with E-state index in [0.29, 0.717) is 11.3 Å². The molecule has 0 atom stereocenters. The highest BCUT2D eigenvalue weighted by atomic mass is 16.7. The number of nitrogens with zero attached hydrogens (tertiary/aromatic N) is 3. The van der Waals surface area contributed by atoms with Gasteiger partial charge in [-0.3, -0.25) is 4.79 Å². The number of aromatic nitrogens is 4. The van der Waals surface area contributed by atoms with Crippen LogP contribution in [0.3, 0.4) is 0 Å². The number of imidazole rings is 1. The zero-order valence-electron chi connectivity index (χ0n) is 14.6. The second kappa shape index (κ2) is 6.80. The van der Waals surface area contributed by atoms with E-state index in [1.54, 1.807) is 30.6 Å². The van der Waals surface area contributed by atoms with Gasteiger partial charge >= 0.3 is 0 Å². The number of nitrogens with one attached hydrogen (secondary N) is 1. The molecule has 0 aliphatic carbocycles.